The van der Waals surface area contributed by atoms with Crippen LogP contribution in [0.4, 0.5) is 4.79 Å². The largest absolute Gasteiger partial charge is 0.480 e. The molecule has 3 amide bonds. The number of amides is 3. The molecule has 0 aliphatic heterocycles. The lowest BCUT2D eigenvalue weighted by Gasteiger charge is -2.21. The molecule has 0 aromatic heterocycles. The predicted octanol–water partition coefficient (Wildman–Crippen LogP) is 0.310. The molecule has 0 bridgehead atoms. The number of nitrogens with one attached hydrogen (secondary N) is 3. The monoisotopic (exact) mass is 273 g/mol. The van der Waals surface area contributed by atoms with E-state index in [1.807, 2.05) is 20.8 Å². The Morgan fingerprint density at radius 2 is 1.68 bits per heavy atom. The normalized spacial score (nSPS) is 12.7. The van der Waals surface area contributed by atoms with Crippen LogP contribution >= 0.6 is 0 Å². The molecule has 4 N–H and O–H groups in total. The van der Waals surface area contributed by atoms with Crippen LogP contribution in [0.3, 0.4) is 0 Å². The average molecular weight is 273 g/mol. The minimum Gasteiger partial charge on any atom is -0.480 e. The molecule has 0 radical (unpaired) electrons. The van der Waals surface area contributed by atoms with Gasteiger partial charge in [0.05, 0.1) is 6.54 Å². The number of carbonyl (C=O) groups excluding carboxylic acids is 2. The third-order valence-electron chi connectivity index (χ3n) is 2.14. The van der Waals surface area contributed by atoms with E-state index in [4.69, 9.17) is 5.11 Å². The molecule has 1 atom stereocenters. The standard InChI is InChI=1S/C12H23N3O4/c1-7(2)9(10(17)18)14-11(19)13-6-8(16)15-12(3,4)5/h7,9H,6H2,1-5H3,(H,15,16)(H,17,18)(H2,13,14,19)/t9-/m1/s1. The molecule has 19 heavy (non-hydrogen) atoms. The Hall–Kier alpha value is -1.79. The SMILES string of the molecule is CC(C)[C@@H](NC(=O)NCC(=O)NC(C)(C)C)C(=O)O. The summed E-state index contributed by atoms with van der Waals surface area (Å²) < 4.78 is 0. The number of carboxylic acids is 1. The zero-order valence-electron chi connectivity index (χ0n) is 12.0. The first-order valence-corrected chi connectivity index (χ1v) is 6.11. The third-order valence-corrected chi connectivity index (χ3v) is 2.14. The van der Waals surface area contributed by atoms with Crippen LogP contribution in [0.25, 0.3) is 0 Å². The lowest BCUT2D eigenvalue weighted by molar-refractivity contribution is -0.140. The van der Waals surface area contributed by atoms with E-state index in [1.54, 1.807) is 13.8 Å². The van der Waals surface area contributed by atoms with Crippen LogP contribution in [0, 0.1) is 5.92 Å². The molecule has 0 aliphatic carbocycles. The van der Waals surface area contributed by atoms with Crippen molar-refractivity contribution >= 4 is 17.9 Å². The van der Waals surface area contributed by atoms with Crippen molar-refractivity contribution in [1.29, 1.82) is 0 Å². The summed E-state index contributed by atoms with van der Waals surface area (Å²) in [5.74, 6) is -1.69. The zero-order chi connectivity index (χ0) is 15.2. The number of rotatable bonds is 5. The van der Waals surface area contributed by atoms with E-state index in [2.05, 4.69) is 16.0 Å². The number of hydrogen-bond donors (Lipinski definition) is 4. The van der Waals surface area contributed by atoms with Gasteiger partial charge in [0.25, 0.3) is 0 Å². The fourth-order valence-electron chi connectivity index (χ4n) is 1.33. The highest BCUT2D eigenvalue weighted by atomic mass is 16.4. The maximum Gasteiger partial charge on any atom is 0.326 e. The fourth-order valence-corrected chi connectivity index (χ4v) is 1.33. The summed E-state index contributed by atoms with van der Waals surface area (Å²) in [5, 5.41) is 16.2. The van der Waals surface area contributed by atoms with Gasteiger partial charge in [0.2, 0.25) is 5.91 Å². The van der Waals surface area contributed by atoms with Crippen molar-refractivity contribution in [3.8, 4) is 0 Å². The summed E-state index contributed by atoms with van der Waals surface area (Å²) in [4.78, 5) is 33.8. The third kappa shape index (κ3) is 8.01. The Bertz CT molecular complexity index is 347. The predicted molar refractivity (Wildman–Crippen MR) is 70.7 cm³/mol. The average Bonchev–Trinajstić information content (AvgIpc) is 2.19. The molecule has 0 aromatic carbocycles. The van der Waals surface area contributed by atoms with Crippen molar-refractivity contribution in [3.05, 3.63) is 0 Å². The first-order valence-electron chi connectivity index (χ1n) is 6.11. The van der Waals surface area contributed by atoms with Crippen LogP contribution in [-0.2, 0) is 9.59 Å². The van der Waals surface area contributed by atoms with Crippen molar-refractivity contribution in [2.75, 3.05) is 6.54 Å². The minimum absolute atomic E-state index is 0.201. The summed E-state index contributed by atoms with van der Waals surface area (Å²) in [5.41, 5.74) is -0.378. The van der Waals surface area contributed by atoms with E-state index in [-0.39, 0.29) is 23.9 Å². The summed E-state index contributed by atoms with van der Waals surface area (Å²) in [7, 11) is 0. The van der Waals surface area contributed by atoms with Crippen LogP contribution in [-0.4, -0.2) is 41.1 Å². The molecule has 110 valence electrons. The van der Waals surface area contributed by atoms with Crippen molar-refractivity contribution in [1.82, 2.24) is 16.0 Å². The first kappa shape index (κ1) is 17.2. The molecule has 0 fully saturated rings. The number of hydrogen-bond acceptors (Lipinski definition) is 3. The van der Waals surface area contributed by atoms with Gasteiger partial charge in [-0.15, -0.1) is 0 Å². The Labute approximate surface area is 113 Å². The molecule has 7 nitrogen and oxygen atoms in total. The molecule has 0 rings (SSSR count). The van der Waals surface area contributed by atoms with Gasteiger partial charge in [-0.05, 0) is 26.7 Å². The second-order valence-corrected chi connectivity index (χ2v) is 5.69. The van der Waals surface area contributed by atoms with Gasteiger partial charge in [0.15, 0.2) is 0 Å². The molecule has 7 heteroatoms. The Morgan fingerprint density at radius 3 is 2.05 bits per heavy atom. The molecule has 0 saturated carbocycles. The van der Waals surface area contributed by atoms with Gasteiger partial charge in [-0.3, -0.25) is 4.79 Å². The van der Waals surface area contributed by atoms with Gasteiger partial charge >= 0.3 is 12.0 Å². The zero-order valence-corrected chi connectivity index (χ0v) is 12.0. The van der Waals surface area contributed by atoms with E-state index >= 15 is 0 Å². The molecule has 0 aliphatic rings. The van der Waals surface area contributed by atoms with Gasteiger partial charge < -0.3 is 21.1 Å². The first-order chi connectivity index (χ1) is 8.53. The summed E-state index contributed by atoms with van der Waals surface area (Å²) in [6, 6.07) is -1.66. The Balaban J connectivity index is 4.19. The maximum absolute atomic E-state index is 11.5. The van der Waals surface area contributed by atoms with E-state index in [0.29, 0.717) is 0 Å². The van der Waals surface area contributed by atoms with Crippen LogP contribution in [0.5, 0.6) is 0 Å². The van der Waals surface area contributed by atoms with E-state index < -0.39 is 18.0 Å². The summed E-state index contributed by atoms with van der Waals surface area (Å²) >= 11 is 0. The minimum atomic E-state index is -1.11. The Kier molecular flexibility index (Phi) is 6.31. The lowest BCUT2D eigenvalue weighted by Crippen LogP contribution is -2.51. The highest BCUT2D eigenvalue weighted by Gasteiger charge is 2.23. The van der Waals surface area contributed by atoms with Gasteiger partial charge in [-0.1, -0.05) is 13.8 Å². The number of urea groups is 1. The second kappa shape index (κ2) is 6.96. The van der Waals surface area contributed by atoms with Crippen molar-refractivity contribution in [3.63, 3.8) is 0 Å². The number of carboxylic acid groups (broad SMARTS) is 1. The van der Waals surface area contributed by atoms with Gasteiger partial charge in [0.1, 0.15) is 6.04 Å². The van der Waals surface area contributed by atoms with Gasteiger partial charge in [-0.25, -0.2) is 9.59 Å². The molecule has 0 aromatic rings. The smallest absolute Gasteiger partial charge is 0.326 e. The van der Waals surface area contributed by atoms with Crippen molar-refractivity contribution < 1.29 is 19.5 Å². The van der Waals surface area contributed by atoms with Crippen molar-refractivity contribution in [2.45, 2.75) is 46.2 Å². The van der Waals surface area contributed by atoms with E-state index in [9.17, 15) is 14.4 Å². The number of carbonyl (C=O) groups is 3. The molecular formula is C12H23N3O4. The van der Waals surface area contributed by atoms with Gasteiger partial charge in [0, 0.05) is 5.54 Å². The van der Waals surface area contributed by atoms with Crippen molar-refractivity contribution in [2.24, 2.45) is 5.92 Å². The van der Waals surface area contributed by atoms with Crippen LogP contribution in [0.2, 0.25) is 0 Å². The van der Waals surface area contributed by atoms with Crippen LogP contribution in [0.15, 0.2) is 0 Å². The second-order valence-electron chi connectivity index (χ2n) is 5.69. The molecule has 0 unspecified atom stereocenters. The maximum atomic E-state index is 11.5. The highest BCUT2D eigenvalue weighted by Crippen LogP contribution is 2.01. The summed E-state index contributed by atoms with van der Waals surface area (Å²) in [6.45, 7) is 8.64. The van der Waals surface area contributed by atoms with E-state index in [1.165, 1.54) is 0 Å². The molecular weight excluding hydrogens is 250 g/mol. The summed E-state index contributed by atoms with van der Waals surface area (Å²) in [6.07, 6.45) is 0. The molecule has 0 heterocycles. The molecule has 0 saturated heterocycles. The quantitative estimate of drug-likeness (QED) is 0.578. The topological polar surface area (TPSA) is 108 Å². The van der Waals surface area contributed by atoms with Gasteiger partial charge in [-0.2, -0.15) is 0 Å². The fraction of sp³-hybridized carbons (Fsp3) is 0.750. The van der Waals surface area contributed by atoms with Crippen LogP contribution in [0.1, 0.15) is 34.6 Å². The highest BCUT2D eigenvalue weighted by molar-refractivity contribution is 5.86. The number of aliphatic carboxylic acids is 1. The molecule has 0 spiro atoms. The lowest BCUT2D eigenvalue weighted by atomic mass is 10.1. The van der Waals surface area contributed by atoms with E-state index in [0.717, 1.165) is 0 Å². The Morgan fingerprint density at radius 1 is 1.16 bits per heavy atom. The van der Waals surface area contributed by atoms with Crippen LogP contribution < -0.4 is 16.0 Å².